The zero-order valence-corrected chi connectivity index (χ0v) is 12.6. The molecular weight excluding hydrogens is 357 g/mol. The first-order valence-corrected chi connectivity index (χ1v) is 7.14. The van der Waals surface area contributed by atoms with E-state index in [-0.39, 0.29) is 0 Å². The predicted octanol–water partition coefficient (Wildman–Crippen LogP) is 3.80. The lowest BCUT2D eigenvalue weighted by Gasteiger charge is -2.17. The van der Waals surface area contributed by atoms with E-state index in [1.54, 1.807) is 30.4 Å². The van der Waals surface area contributed by atoms with E-state index in [0.29, 0.717) is 21.1 Å². The van der Waals surface area contributed by atoms with Gasteiger partial charge >= 0.3 is 12.1 Å². The van der Waals surface area contributed by atoms with E-state index in [1.807, 2.05) is 0 Å². The fourth-order valence-electron chi connectivity index (χ4n) is 1.70. The van der Waals surface area contributed by atoms with Crippen LogP contribution >= 0.6 is 39.1 Å². The van der Waals surface area contributed by atoms with Crippen molar-refractivity contribution in [3.8, 4) is 0 Å². The fourth-order valence-corrected chi connectivity index (χ4v) is 2.43. The SMILES string of the molecule is O=C1OC(=O)N(c2cc(Cl)cc(Cl)c2)C1C=CCBr. The van der Waals surface area contributed by atoms with E-state index in [2.05, 4.69) is 20.7 Å². The monoisotopic (exact) mass is 363 g/mol. The lowest BCUT2D eigenvalue weighted by atomic mass is 10.2. The minimum Gasteiger partial charge on any atom is -0.374 e. The van der Waals surface area contributed by atoms with Gasteiger partial charge in [0.15, 0.2) is 6.04 Å². The molecule has 4 nitrogen and oxygen atoms in total. The van der Waals surface area contributed by atoms with Gasteiger partial charge in [0.05, 0.1) is 5.69 Å². The summed E-state index contributed by atoms with van der Waals surface area (Å²) in [6.45, 7) is 0. The maximum atomic E-state index is 11.7. The zero-order chi connectivity index (χ0) is 14.0. The highest BCUT2D eigenvalue weighted by Gasteiger charge is 2.40. The number of hydrogen-bond acceptors (Lipinski definition) is 3. The molecule has 1 amide bonds. The summed E-state index contributed by atoms with van der Waals surface area (Å²) in [5.41, 5.74) is 0.414. The van der Waals surface area contributed by atoms with Crippen molar-refractivity contribution in [3.05, 3.63) is 40.4 Å². The lowest BCUT2D eigenvalue weighted by Crippen LogP contribution is -2.33. The summed E-state index contributed by atoms with van der Waals surface area (Å²) < 4.78 is 4.61. The Kier molecular flexibility index (Phi) is 4.50. The molecule has 0 spiro atoms. The van der Waals surface area contributed by atoms with E-state index >= 15 is 0 Å². The number of halogens is 3. The van der Waals surface area contributed by atoms with Crippen molar-refractivity contribution in [3.63, 3.8) is 0 Å². The number of cyclic esters (lactones) is 2. The number of allylic oxidation sites excluding steroid dienone is 1. The van der Waals surface area contributed by atoms with Crippen molar-refractivity contribution in [1.29, 1.82) is 0 Å². The van der Waals surface area contributed by atoms with Crippen LogP contribution < -0.4 is 4.90 Å². The van der Waals surface area contributed by atoms with Gasteiger partial charge in [-0.2, -0.15) is 0 Å². The second-order valence-electron chi connectivity index (χ2n) is 3.71. The number of amides is 1. The number of benzene rings is 1. The van der Waals surface area contributed by atoms with Crippen LogP contribution in [0.1, 0.15) is 0 Å². The average molecular weight is 365 g/mol. The van der Waals surface area contributed by atoms with Crippen molar-refractivity contribution in [2.45, 2.75) is 6.04 Å². The Labute approximate surface area is 128 Å². The lowest BCUT2D eigenvalue weighted by molar-refractivity contribution is -0.134. The Morgan fingerprint density at radius 1 is 1.26 bits per heavy atom. The summed E-state index contributed by atoms with van der Waals surface area (Å²) in [6.07, 6.45) is 2.55. The highest BCUT2D eigenvalue weighted by atomic mass is 79.9. The van der Waals surface area contributed by atoms with Gasteiger partial charge in [-0.3, -0.25) is 4.90 Å². The largest absolute Gasteiger partial charge is 0.423 e. The highest BCUT2D eigenvalue weighted by molar-refractivity contribution is 9.09. The van der Waals surface area contributed by atoms with E-state index in [4.69, 9.17) is 23.2 Å². The van der Waals surface area contributed by atoms with Crippen LogP contribution in [0, 0.1) is 0 Å². The van der Waals surface area contributed by atoms with Crippen LogP contribution in [0.4, 0.5) is 10.5 Å². The molecule has 0 saturated carbocycles. The molecule has 1 atom stereocenters. The maximum absolute atomic E-state index is 11.7. The van der Waals surface area contributed by atoms with E-state index in [9.17, 15) is 9.59 Å². The van der Waals surface area contributed by atoms with Gasteiger partial charge in [-0.1, -0.05) is 51.3 Å². The number of anilines is 1. The van der Waals surface area contributed by atoms with Crippen molar-refractivity contribution in [1.82, 2.24) is 0 Å². The molecular formula is C12H8BrCl2NO3. The second-order valence-corrected chi connectivity index (χ2v) is 5.23. The Morgan fingerprint density at radius 2 is 1.89 bits per heavy atom. The van der Waals surface area contributed by atoms with Crippen LogP contribution in [0.2, 0.25) is 10.0 Å². The molecule has 1 aliphatic rings. The molecule has 2 rings (SSSR count). The number of carbonyl (C=O) groups is 2. The third-order valence-corrected chi connectivity index (χ3v) is 3.25. The molecule has 7 heteroatoms. The van der Waals surface area contributed by atoms with Crippen LogP contribution in [0.3, 0.4) is 0 Å². The van der Waals surface area contributed by atoms with Crippen molar-refractivity contribution in [2.24, 2.45) is 0 Å². The molecule has 0 aliphatic carbocycles. The number of esters is 1. The first kappa shape index (κ1) is 14.4. The standard InChI is InChI=1S/C12H8BrCl2NO3/c13-3-1-2-10-11(17)19-12(18)16(10)9-5-7(14)4-8(15)6-9/h1-2,4-6,10H,3H2. The van der Waals surface area contributed by atoms with Gasteiger partial charge < -0.3 is 4.74 Å². The summed E-state index contributed by atoms with van der Waals surface area (Å²) in [5, 5.41) is 1.31. The molecule has 1 fully saturated rings. The Morgan fingerprint density at radius 3 is 2.47 bits per heavy atom. The van der Waals surface area contributed by atoms with Gasteiger partial charge in [0.2, 0.25) is 0 Å². The number of ether oxygens (including phenoxy) is 1. The minimum absolute atomic E-state index is 0.373. The Balaban J connectivity index is 2.41. The van der Waals surface area contributed by atoms with Crippen LogP contribution in [0.25, 0.3) is 0 Å². The van der Waals surface area contributed by atoms with E-state index < -0.39 is 18.1 Å². The maximum Gasteiger partial charge on any atom is 0.423 e. The van der Waals surface area contributed by atoms with Crippen LogP contribution in [0.5, 0.6) is 0 Å². The molecule has 0 N–H and O–H groups in total. The van der Waals surface area contributed by atoms with Gasteiger partial charge in [-0.15, -0.1) is 0 Å². The third-order valence-electron chi connectivity index (χ3n) is 2.44. The number of nitrogens with zero attached hydrogens (tertiary/aromatic N) is 1. The molecule has 0 radical (unpaired) electrons. The molecule has 1 aromatic carbocycles. The molecule has 1 heterocycles. The van der Waals surface area contributed by atoms with Crippen molar-refractivity contribution < 1.29 is 14.3 Å². The van der Waals surface area contributed by atoms with Gasteiger partial charge in [0, 0.05) is 15.4 Å². The first-order valence-electron chi connectivity index (χ1n) is 5.26. The summed E-state index contributed by atoms with van der Waals surface area (Å²) >= 11 is 15.0. The topological polar surface area (TPSA) is 46.6 Å². The van der Waals surface area contributed by atoms with Gasteiger partial charge in [0.1, 0.15) is 0 Å². The first-order chi connectivity index (χ1) is 9.02. The predicted molar refractivity (Wildman–Crippen MR) is 77.2 cm³/mol. The zero-order valence-electron chi connectivity index (χ0n) is 9.48. The molecule has 1 aromatic rings. The molecule has 100 valence electrons. The van der Waals surface area contributed by atoms with Crippen molar-refractivity contribution in [2.75, 3.05) is 10.2 Å². The van der Waals surface area contributed by atoms with E-state index in [1.165, 1.54) is 4.90 Å². The molecule has 19 heavy (non-hydrogen) atoms. The van der Waals surface area contributed by atoms with Gasteiger partial charge in [-0.25, -0.2) is 9.59 Å². The number of rotatable bonds is 3. The quantitative estimate of drug-likeness (QED) is 0.354. The highest BCUT2D eigenvalue weighted by Crippen LogP contribution is 2.30. The average Bonchev–Trinajstić information content (AvgIpc) is 2.59. The molecule has 0 aromatic heterocycles. The molecule has 1 unspecified atom stereocenters. The van der Waals surface area contributed by atoms with Gasteiger partial charge in [-0.05, 0) is 18.2 Å². The summed E-state index contributed by atoms with van der Waals surface area (Å²) in [4.78, 5) is 24.6. The van der Waals surface area contributed by atoms with E-state index in [0.717, 1.165) is 0 Å². The molecule has 1 aliphatic heterocycles. The van der Waals surface area contributed by atoms with Crippen LogP contribution in [-0.2, 0) is 9.53 Å². The number of hydrogen-bond donors (Lipinski definition) is 0. The van der Waals surface area contributed by atoms with Crippen LogP contribution in [-0.4, -0.2) is 23.4 Å². The Bertz CT molecular complexity index is 542. The van der Waals surface area contributed by atoms with Crippen LogP contribution in [0.15, 0.2) is 30.4 Å². The third kappa shape index (κ3) is 3.11. The second kappa shape index (κ2) is 5.94. The van der Waals surface area contributed by atoms with Crippen molar-refractivity contribution >= 4 is 56.9 Å². The molecule has 0 bridgehead atoms. The minimum atomic E-state index is -0.806. The fraction of sp³-hybridized carbons (Fsp3) is 0.167. The molecule has 1 saturated heterocycles. The Hall–Kier alpha value is -1.04. The summed E-state index contributed by atoms with van der Waals surface area (Å²) in [7, 11) is 0. The van der Waals surface area contributed by atoms with Gasteiger partial charge in [0.25, 0.3) is 0 Å². The smallest absolute Gasteiger partial charge is 0.374 e. The normalized spacial score (nSPS) is 19.3. The number of carbonyl (C=O) groups excluding carboxylic acids is 2. The summed E-state index contributed by atoms with van der Waals surface area (Å²) in [5.74, 6) is -0.627. The number of alkyl halides is 1. The summed E-state index contributed by atoms with van der Waals surface area (Å²) in [6, 6.07) is 3.82.